The molecule has 202 valence electrons. The van der Waals surface area contributed by atoms with Crippen molar-refractivity contribution < 1.29 is 9.53 Å². The number of rotatable bonds is 6. The van der Waals surface area contributed by atoms with Gasteiger partial charge >= 0.3 is 0 Å². The van der Waals surface area contributed by atoms with E-state index in [1.165, 1.54) is 6.33 Å². The summed E-state index contributed by atoms with van der Waals surface area (Å²) in [6.07, 6.45) is 8.52. The van der Waals surface area contributed by atoms with Gasteiger partial charge in [-0.3, -0.25) is 14.9 Å². The molecule has 2 fully saturated rings. The molecule has 1 aromatic carbocycles. The van der Waals surface area contributed by atoms with Gasteiger partial charge in [0.05, 0.1) is 24.2 Å². The first kappa shape index (κ1) is 24.4. The molecule has 3 N–H and O–H groups in total. The van der Waals surface area contributed by atoms with Crippen LogP contribution in [0.1, 0.15) is 53.5 Å². The van der Waals surface area contributed by atoms with Crippen LogP contribution in [0.5, 0.6) is 0 Å². The second kappa shape index (κ2) is 9.83. The number of carbonyl (C=O) groups excluding carboxylic acids is 1. The average Bonchev–Trinajstić information content (AvgIpc) is 3.73. The molecule has 0 saturated carbocycles. The molecule has 11 heteroatoms. The SMILES string of the molecule is COCc1c(C2CC3CCC(C2)N3C(=O)c2ncn[nH]2)nc2c(-c3ccc(-c4ccccc4)nc3)cnn2c1N. The number of ether oxygens (including phenoxy) is 1. The molecule has 0 aliphatic carbocycles. The molecule has 1 amide bonds. The minimum Gasteiger partial charge on any atom is -0.383 e. The highest BCUT2D eigenvalue weighted by atomic mass is 16.5. The molecule has 40 heavy (non-hydrogen) atoms. The van der Waals surface area contributed by atoms with E-state index in [2.05, 4.69) is 20.3 Å². The Morgan fingerprint density at radius 2 is 1.85 bits per heavy atom. The molecule has 2 saturated heterocycles. The van der Waals surface area contributed by atoms with Crippen molar-refractivity contribution in [1.82, 2.24) is 39.7 Å². The number of amides is 1. The normalized spacial score (nSPS) is 20.3. The van der Waals surface area contributed by atoms with E-state index in [4.69, 9.17) is 20.4 Å². The number of hydrogen-bond acceptors (Lipinski definition) is 8. The van der Waals surface area contributed by atoms with E-state index >= 15 is 0 Å². The van der Waals surface area contributed by atoms with Gasteiger partial charge in [0.2, 0.25) is 5.82 Å². The molecule has 2 unspecified atom stereocenters. The Hall–Kier alpha value is -4.64. The lowest BCUT2D eigenvalue weighted by Crippen LogP contribution is -2.46. The van der Waals surface area contributed by atoms with Crippen LogP contribution in [0.2, 0.25) is 0 Å². The maximum atomic E-state index is 13.2. The van der Waals surface area contributed by atoms with Crippen molar-refractivity contribution in [2.24, 2.45) is 0 Å². The summed E-state index contributed by atoms with van der Waals surface area (Å²) in [7, 11) is 1.66. The fourth-order valence-corrected chi connectivity index (χ4v) is 6.40. The molecule has 2 bridgehead atoms. The Morgan fingerprint density at radius 1 is 1.05 bits per heavy atom. The molecule has 0 spiro atoms. The summed E-state index contributed by atoms with van der Waals surface area (Å²) in [6, 6.07) is 14.3. The Balaban J connectivity index is 1.25. The monoisotopic (exact) mass is 535 g/mol. The van der Waals surface area contributed by atoms with Crippen LogP contribution in [0.4, 0.5) is 5.82 Å². The molecule has 11 nitrogen and oxygen atoms in total. The van der Waals surface area contributed by atoms with E-state index in [0.717, 1.165) is 59.3 Å². The van der Waals surface area contributed by atoms with E-state index in [-0.39, 0.29) is 29.7 Å². The predicted octanol–water partition coefficient (Wildman–Crippen LogP) is 3.86. The number of pyridine rings is 1. The minimum atomic E-state index is -0.0898. The molecular weight excluding hydrogens is 506 g/mol. The second-order valence-corrected chi connectivity index (χ2v) is 10.5. The van der Waals surface area contributed by atoms with Crippen molar-refractivity contribution in [2.45, 2.75) is 50.3 Å². The first-order valence-corrected chi connectivity index (χ1v) is 13.5. The van der Waals surface area contributed by atoms with Crippen LogP contribution in [0.15, 0.2) is 61.2 Å². The zero-order valence-electron chi connectivity index (χ0n) is 22.1. The van der Waals surface area contributed by atoms with Crippen molar-refractivity contribution in [3.05, 3.63) is 78.3 Å². The van der Waals surface area contributed by atoms with E-state index in [9.17, 15) is 4.79 Å². The van der Waals surface area contributed by atoms with Crippen LogP contribution in [0.25, 0.3) is 28.0 Å². The zero-order valence-corrected chi connectivity index (χ0v) is 22.1. The lowest BCUT2D eigenvalue weighted by Gasteiger charge is -2.38. The Labute approximate surface area is 230 Å². The number of nitrogens with one attached hydrogen (secondary N) is 1. The van der Waals surface area contributed by atoms with Gasteiger partial charge in [-0.15, -0.1) is 0 Å². The van der Waals surface area contributed by atoms with Gasteiger partial charge < -0.3 is 15.4 Å². The number of nitrogens with two attached hydrogens (primary N) is 1. The highest BCUT2D eigenvalue weighted by Crippen LogP contribution is 2.45. The second-order valence-electron chi connectivity index (χ2n) is 10.5. The molecular formula is C29H29N9O2. The number of aromatic amines is 1. The molecule has 2 aliphatic rings. The number of carbonyl (C=O) groups is 1. The fraction of sp³-hybridized carbons (Fsp3) is 0.310. The van der Waals surface area contributed by atoms with Gasteiger partial charge in [0.15, 0.2) is 5.65 Å². The first-order valence-electron chi connectivity index (χ1n) is 13.5. The highest BCUT2D eigenvalue weighted by Gasteiger charge is 2.45. The van der Waals surface area contributed by atoms with E-state index in [1.807, 2.05) is 53.6 Å². The van der Waals surface area contributed by atoms with Crippen LogP contribution in [0.3, 0.4) is 0 Å². The van der Waals surface area contributed by atoms with Gasteiger partial charge in [0, 0.05) is 53.6 Å². The quantitative estimate of drug-likeness (QED) is 0.334. The maximum Gasteiger partial charge on any atom is 0.291 e. The molecule has 6 heterocycles. The van der Waals surface area contributed by atoms with Crippen LogP contribution < -0.4 is 5.73 Å². The van der Waals surface area contributed by atoms with Gasteiger partial charge in [-0.25, -0.2) is 9.97 Å². The standard InChI is InChI=1S/C29H29N9O2/c1-40-15-23-25(19-11-20-8-9-21(12-19)37(20)29(39)27-32-16-33-36-27)35-28-22(14-34-38(28)26(23)30)18-7-10-24(31-13-18)17-5-3-2-4-6-17/h2-7,10,13-14,16,19-21H,8-9,11-12,15,30H2,1H3,(H,32,33,36). The highest BCUT2D eigenvalue weighted by molar-refractivity contribution is 5.91. The third-order valence-electron chi connectivity index (χ3n) is 8.22. The lowest BCUT2D eigenvalue weighted by molar-refractivity contribution is 0.0556. The largest absolute Gasteiger partial charge is 0.383 e. The van der Waals surface area contributed by atoms with Gasteiger partial charge in [0.25, 0.3) is 5.91 Å². The third-order valence-corrected chi connectivity index (χ3v) is 8.22. The Morgan fingerprint density at radius 3 is 2.52 bits per heavy atom. The van der Waals surface area contributed by atoms with Gasteiger partial charge in [-0.2, -0.15) is 14.7 Å². The van der Waals surface area contributed by atoms with Crippen molar-refractivity contribution in [2.75, 3.05) is 12.8 Å². The van der Waals surface area contributed by atoms with Gasteiger partial charge in [-0.1, -0.05) is 36.4 Å². The topological polar surface area (TPSA) is 140 Å². The number of anilines is 1. The maximum absolute atomic E-state index is 13.2. The van der Waals surface area contributed by atoms with Crippen LogP contribution in [-0.4, -0.2) is 64.8 Å². The molecule has 4 aromatic heterocycles. The third kappa shape index (κ3) is 4.01. The number of H-pyrrole nitrogens is 1. The number of piperidine rings is 1. The predicted molar refractivity (Wildman–Crippen MR) is 148 cm³/mol. The number of nitrogens with zero attached hydrogens (tertiary/aromatic N) is 7. The molecule has 2 aliphatic heterocycles. The van der Waals surface area contributed by atoms with Crippen LogP contribution in [0, 0.1) is 0 Å². The van der Waals surface area contributed by atoms with Crippen LogP contribution in [-0.2, 0) is 11.3 Å². The zero-order chi connectivity index (χ0) is 27.2. The van der Waals surface area contributed by atoms with Gasteiger partial charge in [0.1, 0.15) is 12.1 Å². The summed E-state index contributed by atoms with van der Waals surface area (Å²) in [5.41, 5.74) is 12.9. The fourth-order valence-electron chi connectivity index (χ4n) is 6.40. The Bertz CT molecular complexity index is 1650. The number of nitrogen functional groups attached to an aromatic ring is 1. The summed E-state index contributed by atoms with van der Waals surface area (Å²) in [5.74, 6) is 0.854. The number of aromatic nitrogens is 7. The van der Waals surface area contributed by atoms with Crippen LogP contribution >= 0.6 is 0 Å². The van der Waals surface area contributed by atoms with E-state index < -0.39 is 0 Å². The number of fused-ring (bicyclic) bond motifs is 3. The molecule has 5 aromatic rings. The van der Waals surface area contributed by atoms with Crippen molar-refractivity contribution in [3.8, 4) is 22.4 Å². The molecule has 2 atom stereocenters. The number of methoxy groups -OCH3 is 1. The number of hydrogen-bond donors (Lipinski definition) is 2. The van der Waals surface area contributed by atoms with Crippen molar-refractivity contribution in [1.29, 1.82) is 0 Å². The van der Waals surface area contributed by atoms with E-state index in [1.54, 1.807) is 17.8 Å². The van der Waals surface area contributed by atoms with Gasteiger partial charge in [-0.05, 0) is 31.7 Å². The summed E-state index contributed by atoms with van der Waals surface area (Å²) in [5, 5.41) is 11.2. The summed E-state index contributed by atoms with van der Waals surface area (Å²) in [4.78, 5) is 29.1. The average molecular weight is 536 g/mol. The first-order chi connectivity index (χ1) is 19.6. The summed E-state index contributed by atoms with van der Waals surface area (Å²) >= 11 is 0. The summed E-state index contributed by atoms with van der Waals surface area (Å²) < 4.78 is 7.25. The number of benzene rings is 1. The van der Waals surface area contributed by atoms with Crippen molar-refractivity contribution >= 4 is 17.4 Å². The minimum absolute atomic E-state index is 0.0898. The lowest BCUT2D eigenvalue weighted by atomic mass is 9.86. The smallest absolute Gasteiger partial charge is 0.291 e. The van der Waals surface area contributed by atoms with Crippen molar-refractivity contribution in [3.63, 3.8) is 0 Å². The molecule has 0 radical (unpaired) electrons. The Kier molecular flexibility index (Phi) is 6.00. The summed E-state index contributed by atoms with van der Waals surface area (Å²) in [6.45, 7) is 0.333. The molecule has 7 rings (SSSR count). The van der Waals surface area contributed by atoms with E-state index in [0.29, 0.717) is 18.1 Å².